The highest BCUT2D eigenvalue weighted by Gasteiger charge is 2.50. The Morgan fingerprint density at radius 1 is 1.25 bits per heavy atom. The van der Waals surface area contributed by atoms with Crippen molar-refractivity contribution in [1.29, 1.82) is 0 Å². The van der Waals surface area contributed by atoms with Crippen LogP contribution in [0.2, 0.25) is 0 Å². The summed E-state index contributed by atoms with van der Waals surface area (Å²) in [4.78, 5) is 0. The zero-order valence-corrected chi connectivity index (χ0v) is 13.7. The average molecular weight is 275 g/mol. The molecular formula is C18H29NO. The van der Waals surface area contributed by atoms with Gasteiger partial charge in [-0.25, -0.2) is 0 Å². The second-order valence-electron chi connectivity index (χ2n) is 7.18. The summed E-state index contributed by atoms with van der Waals surface area (Å²) in [6.07, 6.45) is 3.65. The molecule has 1 aliphatic rings. The number of nitrogens with one attached hydrogen (secondary N) is 1. The minimum Gasteiger partial charge on any atom is -0.496 e. The molecule has 0 bridgehead atoms. The van der Waals surface area contributed by atoms with Crippen LogP contribution in [-0.4, -0.2) is 20.2 Å². The van der Waals surface area contributed by atoms with Gasteiger partial charge < -0.3 is 10.1 Å². The SMILES string of the molecule is CCCNCC1(c2cc(C)ccc2OC)CC(C)(C)C1. The van der Waals surface area contributed by atoms with E-state index in [2.05, 4.69) is 51.2 Å². The first kappa shape index (κ1) is 15.4. The van der Waals surface area contributed by atoms with Crippen LogP contribution in [-0.2, 0) is 5.41 Å². The van der Waals surface area contributed by atoms with Gasteiger partial charge in [0.1, 0.15) is 5.75 Å². The molecule has 112 valence electrons. The molecule has 0 aromatic heterocycles. The Kier molecular flexibility index (Phi) is 4.43. The Morgan fingerprint density at radius 2 is 1.95 bits per heavy atom. The Morgan fingerprint density at radius 3 is 2.50 bits per heavy atom. The molecule has 2 nitrogen and oxygen atoms in total. The number of hydrogen-bond acceptors (Lipinski definition) is 2. The summed E-state index contributed by atoms with van der Waals surface area (Å²) in [5, 5.41) is 3.63. The molecule has 1 aromatic carbocycles. The fourth-order valence-electron chi connectivity index (χ4n) is 3.93. The highest BCUT2D eigenvalue weighted by Crippen LogP contribution is 2.56. The Labute approximate surface area is 123 Å². The van der Waals surface area contributed by atoms with E-state index in [0.717, 1.165) is 18.8 Å². The molecule has 1 N–H and O–H groups in total. The molecule has 2 rings (SSSR count). The summed E-state index contributed by atoms with van der Waals surface area (Å²) in [5.74, 6) is 1.05. The van der Waals surface area contributed by atoms with Gasteiger partial charge in [0.15, 0.2) is 0 Å². The van der Waals surface area contributed by atoms with Gasteiger partial charge in [-0.05, 0) is 44.2 Å². The molecule has 1 fully saturated rings. The molecule has 1 aliphatic carbocycles. The number of ether oxygens (including phenoxy) is 1. The van der Waals surface area contributed by atoms with Gasteiger partial charge in [0, 0.05) is 17.5 Å². The third-order valence-electron chi connectivity index (χ3n) is 4.45. The molecule has 1 saturated carbocycles. The van der Waals surface area contributed by atoms with Crippen LogP contribution in [0.5, 0.6) is 5.75 Å². The monoisotopic (exact) mass is 275 g/mol. The topological polar surface area (TPSA) is 21.3 Å². The Balaban J connectivity index is 2.30. The average Bonchev–Trinajstić information content (AvgIpc) is 2.36. The van der Waals surface area contributed by atoms with Gasteiger partial charge in [-0.2, -0.15) is 0 Å². The maximum absolute atomic E-state index is 5.63. The van der Waals surface area contributed by atoms with Crippen molar-refractivity contribution in [2.75, 3.05) is 20.2 Å². The molecule has 0 heterocycles. The fourth-order valence-corrected chi connectivity index (χ4v) is 3.93. The molecule has 0 aliphatic heterocycles. The predicted octanol–water partition coefficient (Wildman–Crippen LogP) is 4.06. The fraction of sp³-hybridized carbons (Fsp3) is 0.667. The summed E-state index contributed by atoms with van der Waals surface area (Å²) < 4.78 is 5.63. The van der Waals surface area contributed by atoms with Gasteiger partial charge in [0.2, 0.25) is 0 Å². The molecule has 0 atom stereocenters. The van der Waals surface area contributed by atoms with Crippen LogP contribution < -0.4 is 10.1 Å². The lowest BCUT2D eigenvalue weighted by Crippen LogP contribution is -2.52. The largest absolute Gasteiger partial charge is 0.496 e. The van der Waals surface area contributed by atoms with E-state index < -0.39 is 0 Å². The molecule has 0 radical (unpaired) electrons. The lowest BCUT2D eigenvalue weighted by molar-refractivity contribution is 0.0545. The number of rotatable bonds is 6. The molecule has 0 amide bonds. The molecule has 0 saturated heterocycles. The lowest BCUT2D eigenvalue weighted by Gasteiger charge is -2.54. The van der Waals surface area contributed by atoms with Gasteiger partial charge in [0.25, 0.3) is 0 Å². The van der Waals surface area contributed by atoms with Gasteiger partial charge in [-0.1, -0.05) is 38.5 Å². The first-order valence-corrected chi connectivity index (χ1v) is 7.78. The summed E-state index contributed by atoms with van der Waals surface area (Å²) >= 11 is 0. The molecule has 0 spiro atoms. The molecular weight excluding hydrogens is 246 g/mol. The van der Waals surface area contributed by atoms with E-state index in [-0.39, 0.29) is 5.41 Å². The van der Waals surface area contributed by atoms with E-state index in [1.807, 2.05) is 0 Å². The van der Waals surface area contributed by atoms with E-state index in [9.17, 15) is 0 Å². The van der Waals surface area contributed by atoms with Crippen molar-refractivity contribution in [3.63, 3.8) is 0 Å². The summed E-state index contributed by atoms with van der Waals surface area (Å²) in [6.45, 7) is 11.3. The van der Waals surface area contributed by atoms with Crippen LogP contribution in [0, 0.1) is 12.3 Å². The maximum atomic E-state index is 5.63. The van der Waals surface area contributed by atoms with Crippen molar-refractivity contribution in [1.82, 2.24) is 5.32 Å². The number of hydrogen-bond donors (Lipinski definition) is 1. The van der Waals surface area contributed by atoms with Crippen LogP contribution in [0.3, 0.4) is 0 Å². The van der Waals surface area contributed by atoms with Crippen molar-refractivity contribution in [2.45, 2.75) is 52.4 Å². The maximum Gasteiger partial charge on any atom is 0.122 e. The smallest absolute Gasteiger partial charge is 0.122 e. The zero-order chi connectivity index (χ0) is 14.8. The highest BCUT2D eigenvalue weighted by atomic mass is 16.5. The molecule has 0 unspecified atom stereocenters. The third-order valence-corrected chi connectivity index (χ3v) is 4.45. The van der Waals surface area contributed by atoms with E-state index >= 15 is 0 Å². The predicted molar refractivity (Wildman–Crippen MR) is 85.6 cm³/mol. The normalized spacial score (nSPS) is 19.4. The highest BCUT2D eigenvalue weighted by molar-refractivity contribution is 5.45. The second-order valence-corrected chi connectivity index (χ2v) is 7.18. The number of methoxy groups -OCH3 is 1. The summed E-state index contributed by atoms with van der Waals surface area (Å²) in [6, 6.07) is 6.58. The van der Waals surface area contributed by atoms with Crippen molar-refractivity contribution in [3.05, 3.63) is 29.3 Å². The van der Waals surface area contributed by atoms with E-state index in [4.69, 9.17) is 4.74 Å². The molecule has 20 heavy (non-hydrogen) atoms. The summed E-state index contributed by atoms with van der Waals surface area (Å²) in [5.41, 5.74) is 3.40. The molecule has 2 heteroatoms. The van der Waals surface area contributed by atoms with Crippen molar-refractivity contribution >= 4 is 0 Å². The minimum absolute atomic E-state index is 0.246. The zero-order valence-electron chi connectivity index (χ0n) is 13.7. The minimum atomic E-state index is 0.246. The van der Waals surface area contributed by atoms with E-state index in [1.54, 1.807) is 7.11 Å². The van der Waals surface area contributed by atoms with Gasteiger partial charge in [-0.3, -0.25) is 0 Å². The van der Waals surface area contributed by atoms with Crippen LogP contribution in [0.4, 0.5) is 0 Å². The van der Waals surface area contributed by atoms with E-state index in [1.165, 1.54) is 30.4 Å². The van der Waals surface area contributed by atoms with Crippen LogP contribution in [0.25, 0.3) is 0 Å². The second kappa shape index (κ2) is 5.77. The molecule has 1 aromatic rings. The lowest BCUT2D eigenvalue weighted by atomic mass is 9.51. The summed E-state index contributed by atoms with van der Waals surface area (Å²) in [7, 11) is 1.78. The van der Waals surface area contributed by atoms with Gasteiger partial charge >= 0.3 is 0 Å². The van der Waals surface area contributed by atoms with Crippen molar-refractivity contribution < 1.29 is 4.74 Å². The first-order chi connectivity index (χ1) is 9.42. The number of aryl methyl sites for hydroxylation is 1. The van der Waals surface area contributed by atoms with Crippen LogP contribution in [0.15, 0.2) is 18.2 Å². The quantitative estimate of drug-likeness (QED) is 0.790. The van der Waals surface area contributed by atoms with Gasteiger partial charge in [-0.15, -0.1) is 0 Å². The van der Waals surface area contributed by atoms with Crippen molar-refractivity contribution in [2.24, 2.45) is 5.41 Å². The Bertz CT molecular complexity index is 456. The number of benzene rings is 1. The first-order valence-electron chi connectivity index (χ1n) is 7.78. The third kappa shape index (κ3) is 3.01. The standard InChI is InChI=1S/C18H29NO/c1-6-9-19-13-18(11-17(3,4)12-18)15-10-14(2)7-8-16(15)20-5/h7-8,10,19H,6,9,11-13H2,1-5H3. The van der Waals surface area contributed by atoms with Gasteiger partial charge in [0.05, 0.1) is 7.11 Å². The van der Waals surface area contributed by atoms with E-state index in [0.29, 0.717) is 5.41 Å². The van der Waals surface area contributed by atoms with Crippen molar-refractivity contribution in [3.8, 4) is 5.75 Å². The van der Waals surface area contributed by atoms with Crippen LogP contribution in [0.1, 0.15) is 51.2 Å². The van der Waals surface area contributed by atoms with Crippen LogP contribution >= 0.6 is 0 Å². The Hall–Kier alpha value is -1.02.